The monoisotopic (exact) mass is 480 g/mol. The molecule has 1 aliphatic rings. The molecule has 4 aromatic rings. The third-order valence-corrected chi connectivity index (χ3v) is 6.65. The van der Waals surface area contributed by atoms with Gasteiger partial charge in [-0.2, -0.15) is 0 Å². The molecule has 4 atom stereocenters. The van der Waals surface area contributed by atoms with E-state index in [1.807, 2.05) is 42.5 Å². The second-order valence-electron chi connectivity index (χ2n) is 7.88. The van der Waals surface area contributed by atoms with Gasteiger partial charge in [0.2, 0.25) is 5.95 Å². The van der Waals surface area contributed by atoms with Crippen molar-refractivity contribution in [1.82, 2.24) is 19.5 Å². The van der Waals surface area contributed by atoms with Crippen molar-refractivity contribution in [3.05, 3.63) is 66.5 Å². The first kappa shape index (κ1) is 22.6. The van der Waals surface area contributed by atoms with Gasteiger partial charge in [0, 0.05) is 16.3 Å². The maximum absolute atomic E-state index is 10.6. The van der Waals surface area contributed by atoms with E-state index in [9.17, 15) is 15.3 Å². The molecule has 1 aliphatic heterocycles. The first-order valence-electron chi connectivity index (χ1n) is 10.7. The number of hydrogen-bond donors (Lipinski definition) is 5. The minimum absolute atomic E-state index is 0.181. The molecule has 0 aliphatic carbocycles. The SMILES string of the molecule is Nc1ncnc2c1nc(NCc1ccc(Sc3ccccc3)cc1)n2[C@@H]1O[C@H](CO)[C@@H](O)[C@H]1O. The average molecular weight is 481 g/mol. The van der Waals surface area contributed by atoms with E-state index in [2.05, 4.69) is 32.4 Å². The smallest absolute Gasteiger partial charge is 0.207 e. The van der Waals surface area contributed by atoms with Crippen LogP contribution in [0.1, 0.15) is 11.8 Å². The Labute approximate surface area is 199 Å². The predicted octanol–water partition coefficient (Wildman–Crippen LogP) is 1.78. The summed E-state index contributed by atoms with van der Waals surface area (Å²) in [7, 11) is 0. The third kappa shape index (κ3) is 4.31. The summed E-state index contributed by atoms with van der Waals surface area (Å²) in [5.41, 5.74) is 7.69. The zero-order valence-electron chi connectivity index (χ0n) is 18.0. The molecule has 0 amide bonds. The lowest BCUT2D eigenvalue weighted by molar-refractivity contribution is -0.0501. The van der Waals surface area contributed by atoms with Gasteiger partial charge >= 0.3 is 0 Å². The van der Waals surface area contributed by atoms with E-state index in [0.29, 0.717) is 23.7 Å². The molecule has 2 aromatic carbocycles. The summed E-state index contributed by atoms with van der Waals surface area (Å²) in [5.74, 6) is 0.528. The van der Waals surface area contributed by atoms with Gasteiger partial charge in [0.05, 0.1) is 6.61 Å². The fourth-order valence-electron chi connectivity index (χ4n) is 3.87. The van der Waals surface area contributed by atoms with Crippen molar-refractivity contribution in [3.8, 4) is 0 Å². The minimum atomic E-state index is -1.29. The number of aliphatic hydroxyl groups is 3. The van der Waals surface area contributed by atoms with Crippen molar-refractivity contribution < 1.29 is 20.1 Å². The van der Waals surface area contributed by atoms with Crippen molar-refractivity contribution in [1.29, 1.82) is 0 Å². The number of anilines is 2. The Balaban J connectivity index is 1.39. The minimum Gasteiger partial charge on any atom is -0.394 e. The van der Waals surface area contributed by atoms with Crippen molar-refractivity contribution in [2.45, 2.75) is 40.9 Å². The summed E-state index contributed by atoms with van der Waals surface area (Å²) in [5, 5.41) is 33.5. The molecule has 0 unspecified atom stereocenters. The zero-order valence-corrected chi connectivity index (χ0v) is 18.8. The first-order chi connectivity index (χ1) is 16.5. The molecule has 11 heteroatoms. The molecule has 5 rings (SSSR count). The van der Waals surface area contributed by atoms with E-state index in [1.165, 1.54) is 15.8 Å². The van der Waals surface area contributed by atoms with E-state index in [1.54, 1.807) is 11.8 Å². The van der Waals surface area contributed by atoms with Gasteiger partial charge in [0.15, 0.2) is 23.2 Å². The Morgan fingerprint density at radius 3 is 2.44 bits per heavy atom. The van der Waals surface area contributed by atoms with Crippen molar-refractivity contribution in [2.24, 2.45) is 0 Å². The van der Waals surface area contributed by atoms with Crippen LogP contribution in [-0.4, -0.2) is 59.8 Å². The molecule has 0 radical (unpaired) electrons. The highest BCUT2D eigenvalue weighted by Gasteiger charge is 2.45. The van der Waals surface area contributed by atoms with E-state index >= 15 is 0 Å². The van der Waals surface area contributed by atoms with E-state index in [4.69, 9.17) is 10.5 Å². The van der Waals surface area contributed by atoms with Crippen LogP contribution >= 0.6 is 11.8 Å². The highest BCUT2D eigenvalue weighted by atomic mass is 32.2. The lowest BCUT2D eigenvalue weighted by Crippen LogP contribution is -2.33. The molecule has 10 nitrogen and oxygen atoms in total. The van der Waals surface area contributed by atoms with Crippen LogP contribution in [0.15, 0.2) is 70.7 Å². The highest BCUT2D eigenvalue weighted by Crippen LogP contribution is 2.35. The number of benzene rings is 2. The second-order valence-corrected chi connectivity index (χ2v) is 9.02. The number of aliphatic hydroxyl groups excluding tert-OH is 3. The van der Waals surface area contributed by atoms with E-state index < -0.39 is 31.1 Å². The molecular formula is C23H24N6O4S. The number of imidazole rings is 1. The summed E-state index contributed by atoms with van der Waals surface area (Å²) >= 11 is 1.68. The van der Waals surface area contributed by atoms with Gasteiger partial charge in [-0.15, -0.1) is 0 Å². The van der Waals surface area contributed by atoms with Crippen LogP contribution in [0.3, 0.4) is 0 Å². The molecule has 1 saturated heterocycles. The molecule has 0 bridgehead atoms. The molecular weight excluding hydrogens is 456 g/mol. The zero-order chi connectivity index (χ0) is 23.7. The molecule has 0 spiro atoms. The number of rotatable bonds is 7. The van der Waals surface area contributed by atoms with Gasteiger partial charge in [-0.25, -0.2) is 15.0 Å². The number of aromatic nitrogens is 4. The molecule has 6 N–H and O–H groups in total. The average Bonchev–Trinajstić information content (AvgIpc) is 3.37. The number of nitrogen functional groups attached to an aromatic ring is 1. The Bertz CT molecular complexity index is 1270. The number of nitrogens with two attached hydrogens (primary N) is 1. The lowest BCUT2D eigenvalue weighted by Gasteiger charge is -2.19. The van der Waals surface area contributed by atoms with Gasteiger partial charge in [0.1, 0.15) is 24.6 Å². The van der Waals surface area contributed by atoms with Crippen LogP contribution in [0.4, 0.5) is 11.8 Å². The van der Waals surface area contributed by atoms with Gasteiger partial charge in [-0.05, 0) is 29.8 Å². The van der Waals surface area contributed by atoms with E-state index in [-0.39, 0.29) is 5.82 Å². The van der Waals surface area contributed by atoms with Crippen LogP contribution in [0.2, 0.25) is 0 Å². The first-order valence-corrected chi connectivity index (χ1v) is 11.5. The van der Waals surface area contributed by atoms with Gasteiger partial charge in [0.25, 0.3) is 0 Å². The van der Waals surface area contributed by atoms with Crippen LogP contribution in [-0.2, 0) is 11.3 Å². The molecule has 176 valence electrons. The number of nitrogens with one attached hydrogen (secondary N) is 1. The molecule has 0 saturated carbocycles. The summed E-state index contributed by atoms with van der Waals surface area (Å²) in [6.45, 7) is -0.00365. The number of ether oxygens (including phenoxy) is 1. The Kier molecular flexibility index (Phi) is 6.35. The molecule has 2 aromatic heterocycles. The molecule has 3 heterocycles. The van der Waals surface area contributed by atoms with Gasteiger partial charge in [-0.1, -0.05) is 42.1 Å². The van der Waals surface area contributed by atoms with Crippen LogP contribution in [0.5, 0.6) is 0 Å². The highest BCUT2D eigenvalue weighted by molar-refractivity contribution is 7.99. The predicted molar refractivity (Wildman–Crippen MR) is 127 cm³/mol. The lowest BCUT2D eigenvalue weighted by atomic mass is 10.1. The standard InChI is InChI=1S/C23H24N6O4S/c24-20-17-21(27-12-26-20)29(22-19(32)18(31)16(11-30)33-22)23(28-17)25-10-13-6-8-15(9-7-13)34-14-4-2-1-3-5-14/h1-9,12,16,18-19,22,30-32H,10-11H2,(H,25,28)(H2,24,26,27)/t16-,18-,19-,22-/m1/s1. The second kappa shape index (κ2) is 9.57. The topological polar surface area (TPSA) is 152 Å². The summed E-state index contributed by atoms with van der Waals surface area (Å²) < 4.78 is 7.26. The van der Waals surface area contributed by atoms with Crippen molar-refractivity contribution in [2.75, 3.05) is 17.7 Å². The van der Waals surface area contributed by atoms with Crippen molar-refractivity contribution >= 4 is 34.7 Å². The maximum Gasteiger partial charge on any atom is 0.207 e. The fourth-order valence-corrected chi connectivity index (χ4v) is 4.70. The van der Waals surface area contributed by atoms with Crippen LogP contribution in [0.25, 0.3) is 11.2 Å². The number of hydrogen-bond acceptors (Lipinski definition) is 10. The number of fused-ring (bicyclic) bond motifs is 1. The van der Waals surface area contributed by atoms with Crippen molar-refractivity contribution in [3.63, 3.8) is 0 Å². The largest absolute Gasteiger partial charge is 0.394 e. The molecule has 34 heavy (non-hydrogen) atoms. The molecule has 1 fully saturated rings. The summed E-state index contributed by atoms with van der Waals surface area (Å²) in [6.07, 6.45) is -3.20. The van der Waals surface area contributed by atoms with Crippen LogP contribution < -0.4 is 11.1 Å². The Hall–Kier alpha value is -3.22. The Morgan fingerprint density at radius 2 is 1.74 bits per heavy atom. The van der Waals surface area contributed by atoms with E-state index in [0.717, 1.165) is 10.5 Å². The maximum atomic E-state index is 10.6. The third-order valence-electron chi connectivity index (χ3n) is 5.63. The van der Waals surface area contributed by atoms with Crippen LogP contribution in [0, 0.1) is 0 Å². The Morgan fingerprint density at radius 1 is 1.00 bits per heavy atom. The summed E-state index contributed by atoms with van der Waals surface area (Å²) in [6, 6.07) is 18.3. The number of nitrogens with zero attached hydrogens (tertiary/aromatic N) is 4. The van der Waals surface area contributed by atoms with Gasteiger partial charge in [-0.3, -0.25) is 4.57 Å². The normalized spacial score (nSPS) is 22.3. The quantitative estimate of drug-likeness (QED) is 0.265. The summed E-state index contributed by atoms with van der Waals surface area (Å²) in [4.78, 5) is 15.0. The van der Waals surface area contributed by atoms with Gasteiger partial charge < -0.3 is 31.1 Å². The fraction of sp³-hybridized carbons (Fsp3) is 0.261.